The highest BCUT2D eigenvalue weighted by atomic mass is 32.2. The smallest absolute Gasteiger partial charge is 0.255 e. The van der Waals surface area contributed by atoms with E-state index in [2.05, 4.69) is 27.3 Å². The Morgan fingerprint density at radius 2 is 1.96 bits per heavy atom. The molecule has 1 unspecified atom stereocenters. The molecule has 0 fully saturated rings. The SMILES string of the molecule is CC(Sc1nc2ncccn2n1)c1cccc(NC(=O)c2ccccc2)c1. The molecule has 6 nitrogen and oxygen atoms in total. The maximum Gasteiger partial charge on any atom is 0.255 e. The van der Waals surface area contributed by atoms with Gasteiger partial charge in [0, 0.05) is 28.9 Å². The maximum absolute atomic E-state index is 12.3. The molecule has 4 aromatic rings. The number of nitrogens with zero attached hydrogens (tertiary/aromatic N) is 4. The summed E-state index contributed by atoms with van der Waals surface area (Å²) in [5.74, 6) is 0.456. The molecule has 0 bridgehead atoms. The van der Waals surface area contributed by atoms with Crippen molar-refractivity contribution in [1.29, 1.82) is 0 Å². The molecule has 27 heavy (non-hydrogen) atoms. The first kappa shape index (κ1) is 17.2. The van der Waals surface area contributed by atoms with Crippen molar-refractivity contribution in [3.63, 3.8) is 0 Å². The fourth-order valence-electron chi connectivity index (χ4n) is 2.65. The molecule has 1 amide bonds. The lowest BCUT2D eigenvalue weighted by Gasteiger charge is -2.12. The van der Waals surface area contributed by atoms with Crippen LogP contribution >= 0.6 is 11.8 Å². The number of amides is 1. The second kappa shape index (κ2) is 7.59. The van der Waals surface area contributed by atoms with Crippen LogP contribution in [0, 0.1) is 0 Å². The Kier molecular flexibility index (Phi) is 4.84. The summed E-state index contributed by atoms with van der Waals surface area (Å²) in [6, 6.07) is 18.8. The average Bonchev–Trinajstić information content (AvgIpc) is 3.11. The largest absolute Gasteiger partial charge is 0.322 e. The van der Waals surface area contributed by atoms with Crippen molar-refractivity contribution in [2.45, 2.75) is 17.3 Å². The van der Waals surface area contributed by atoms with Crippen molar-refractivity contribution in [3.8, 4) is 0 Å². The van der Waals surface area contributed by atoms with E-state index in [4.69, 9.17) is 0 Å². The number of aromatic nitrogens is 4. The molecule has 2 aromatic heterocycles. The lowest BCUT2D eigenvalue weighted by molar-refractivity contribution is 0.102. The van der Waals surface area contributed by atoms with E-state index in [1.54, 1.807) is 34.6 Å². The first-order valence-electron chi connectivity index (χ1n) is 8.49. The minimum atomic E-state index is -0.124. The molecule has 0 saturated carbocycles. The fraction of sp³-hybridized carbons (Fsp3) is 0.100. The van der Waals surface area contributed by atoms with Gasteiger partial charge in [-0.3, -0.25) is 4.79 Å². The molecular formula is C20H17N5OS. The third kappa shape index (κ3) is 3.98. The fourth-order valence-corrected chi connectivity index (χ4v) is 3.52. The van der Waals surface area contributed by atoms with Crippen LogP contribution in [0.4, 0.5) is 5.69 Å². The number of nitrogens with one attached hydrogen (secondary N) is 1. The van der Waals surface area contributed by atoms with E-state index >= 15 is 0 Å². The standard InChI is InChI=1S/C20H17N5OS/c1-14(27-20-23-19-21-11-6-12-25(19)24-20)16-9-5-10-17(13-16)22-18(26)15-7-3-2-4-8-15/h2-14H,1H3,(H,22,26). The summed E-state index contributed by atoms with van der Waals surface area (Å²) in [5.41, 5.74) is 2.47. The zero-order chi connectivity index (χ0) is 18.6. The number of anilines is 1. The van der Waals surface area contributed by atoms with E-state index in [1.807, 2.05) is 54.7 Å². The van der Waals surface area contributed by atoms with E-state index in [0.29, 0.717) is 16.5 Å². The maximum atomic E-state index is 12.3. The van der Waals surface area contributed by atoms with Crippen LogP contribution in [-0.2, 0) is 0 Å². The predicted molar refractivity (Wildman–Crippen MR) is 106 cm³/mol. The normalized spacial score (nSPS) is 12.0. The van der Waals surface area contributed by atoms with Crippen molar-refractivity contribution in [2.24, 2.45) is 0 Å². The van der Waals surface area contributed by atoms with Crippen LogP contribution in [-0.4, -0.2) is 25.5 Å². The van der Waals surface area contributed by atoms with Crippen LogP contribution in [0.25, 0.3) is 5.78 Å². The highest BCUT2D eigenvalue weighted by Crippen LogP contribution is 2.33. The monoisotopic (exact) mass is 375 g/mol. The van der Waals surface area contributed by atoms with Crippen molar-refractivity contribution >= 4 is 29.1 Å². The van der Waals surface area contributed by atoms with Crippen LogP contribution in [0.5, 0.6) is 0 Å². The topological polar surface area (TPSA) is 72.2 Å². The number of hydrogen-bond acceptors (Lipinski definition) is 5. The predicted octanol–water partition coefficient (Wildman–Crippen LogP) is 4.23. The average molecular weight is 375 g/mol. The van der Waals surface area contributed by atoms with Gasteiger partial charge in [0.25, 0.3) is 11.7 Å². The Bertz CT molecular complexity index is 1050. The molecule has 1 N–H and O–H groups in total. The summed E-state index contributed by atoms with van der Waals surface area (Å²) >= 11 is 1.55. The molecule has 0 saturated heterocycles. The van der Waals surface area contributed by atoms with Gasteiger partial charge in [0.2, 0.25) is 5.16 Å². The van der Waals surface area contributed by atoms with Gasteiger partial charge >= 0.3 is 0 Å². The quantitative estimate of drug-likeness (QED) is 0.529. The summed E-state index contributed by atoms with van der Waals surface area (Å²) < 4.78 is 1.66. The Morgan fingerprint density at radius 3 is 2.78 bits per heavy atom. The Hall–Kier alpha value is -3.19. The van der Waals surface area contributed by atoms with E-state index in [1.165, 1.54) is 0 Å². The minimum Gasteiger partial charge on any atom is -0.322 e. The van der Waals surface area contributed by atoms with Gasteiger partial charge in [0.15, 0.2) is 0 Å². The van der Waals surface area contributed by atoms with Crippen LogP contribution in [0.15, 0.2) is 78.2 Å². The van der Waals surface area contributed by atoms with Gasteiger partial charge in [-0.25, -0.2) is 9.50 Å². The first-order chi connectivity index (χ1) is 13.2. The highest BCUT2D eigenvalue weighted by Gasteiger charge is 2.13. The molecule has 2 aromatic carbocycles. The number of hydrogen-bond donors (Lipinski definition) is 1. The van der Waals surface area contributed by atoms with Crippen molar-refractivity contribution in [3.05, 3.63) is 84.2 Å². The molecule has 0 spiro atoms. The van der Waals surface area contributed by atoms with Gasteiger partial charge in [-0.1, -0.05) is 42.1 Å². The molecule has 0 aliphatic carbocycles. The number of thioether (sulfide) groups is 1. The summed E-state index contributed by atoms with van der Waals surface area (Å²) in [7, 11) is 0. The molecule has 0 aliphatic rings. The molecule has 2 heterocycles. The molecule has 1 atom stereocenters. The van der Waals surface area contributed by atoms with Crippen LogP contribution in [0.3, 0.4) is 0 Å². The summed E-state index contributed by atoms with van der Waals surface area (Å²) in [6.07, 6.45) is 3.52. The zero-order valence-corrected chi connectivity index (χ0v) is 15.4. The van der Waals surface area contributed by atoms with Crippen LogP contribution in [0.1, 0.15) is 28.1 Å². The molecule has 134 valence electrons. The lowest BCUT2D eigenvalue weighted by atomic mass is 10.1. The molecule has 0 aliphatic heterocycles. The number of carbonyl (C=O) groups is 1. The summed E-state index contributed by atoms with van der Waals surface area (Å²) in [6.45, 7) is 2.09. The third-order valence-corrected chi connectivity index (χ3v) is 5.04. The highest BCUT2D eigenvalue weighted by molar-refractivity contribution is 7.99. The lowest BCUT2D eigenvalue weighted by Crippen LogP contribution is -2.11. The van der Waals surface area contributed by atoms with Crippen LogP contribution < -0.4 is 5.32 Å². The molecule has 0 radical (unpaired) electrons. The van der Waals surface area contributed by atoms with Gasteiger partial charge < -0.3 is 5.32 Å². The summed E-state index contributed by atoms with van der Waals surface area (Å²) in [5, 5.41) is 8.16. The molecule has 4 rings (SSSR count). The number of rotatable bonds is 5. The second-order valence-electron chi connectivity index (χ2n) is 5.96. The minimum absolute atomic E-state index is 0.121. The van der Waals surface area contributed by atoms with Gasteiger partial charge in [-0.2, -0.15) is 4.98 Å². The number of carbonyl (C=O) groups excluding carboxylic acids is 1. The first-order valence-corrected chi connectivity index (χ1v) is 9.37. The number of fused-ring (bicyclic) bond motifs is 1. The van der Waals surface area contributed by atoms with E-state index in [0.717, 1.165) is 11.3 Å². The molecular weight excluding hydrogens is 358 g/mol. The van der Waals surface area contributed by atoms with Gasteiger partial charge in [-0.15, -0.1) is 5.10 Å². The van der Waals surface area contributed by atoms with E-state index < -0.39 is 0 Å². The zero-order valence-electron chi connectivity index (χ0n) is 14.6. The molecule has 7 heteroatoms. The van der Waals surface area contributed by atoms with Crippen molar-refractivity contribution < 1.29 is 4.79 Å². The Morgan fingerprint density at radius 1 is 1.11 bits per heavy atom. The third-order valence-electron chi connectivity index (χ3n) is 4.03. The van der Waals surface area contributed by atoms with Crippen molar-refractivity contribution in [1.82, 2.24) is 19.6 Å². The van der Waals surface area contributed by atoms with Gasteiger partial charge in [0.1, 0.15) is 0 Å². The van der Waals surface area contributed by atoms with Crippen molar-refractivity contribution in [2.75, 3.05) is 5.32 Å². The van der Waals surface area contributed by atoms with E-state index in [-0.39, 0.29) is 11.2 Å². The van der Waals surface area contributed by atoms with E-state index in [9.17, 15) is 4.79 Å². The Labute approximate surface area is 160 Å². The Balaban J connectivity index is 1.48. The number of benzene rings is 2. The second-order valence-corrected chi connectivity index (χ2v) is 7.27. The van der Waals surface area contributed by atoms with Crippen LogP contribution in [0.2, 0.25) is 0 Å². The van der Waals surface area contributed by atoms with Gasteiger partial charge in [0.05, 0.1) is 0 Å². The summed E-state index contributed by atoms with van der Waals surface area (Å²) in [4.78, 5) is 20.9. The van der Waals surface area contributed by atoms with Gasteiger partial charge in [-0.05, 0) is 42.8 Å².